The van der Waals surface area contributed by atoms with Gasteiger partial charge in [0, 0.05) is 10.6 Å². The quantitative estimate of drug-likeness (QED) is 0.712. The molecule has 0 radical (unpaired) electrons. The minimum Gasteiger partial charge on any atom is -0.493 e. The standard InChI is InChI=1S/C17H17ClN4O2/c1-23-16-7-3-5-14(9-21-22-11-19-20-12-22)17(16)24-10-13-4-2-6-15(18)8-13/h2-8,11-12,21H,9-10H2,1H3. The van der Waals surface area contributed by atoms with E-state index in [0.717, 1.165) is 11.1 Å². The van der Waals surface area contributed by atoms with Crippen molar-refractivity contribution in [1.29, 1.82) is 0 Å². The lowest BCUT2D eigenvalue weighted by atomic mass is 10.2. The first-order chi connectivity index (χ1) is 11.8. The molecule has 7 heteroatoms. The van der Waals surface area contributed by atoms with Crippen LogP contribution in [0, 0.1) is 0 Å². The van der Waals surface area contributed by atoms with E-state index >= 15 is 0 Å². The van der Waals surface area contributed by atoms with Crippen molar-refractivity contribution in [2.75, 3.05) is 12.5 Å². The molecule has 3 aromatic rings. The van der Waals surface area contributed by atoms with Crippen LogP contribution in [0.3, 0.4) is 0 Å². The van der Waals surface area contributed by atoms with Gasteiger partial charge in [-0.1, -0.05) is 35.9 Å². The lowest BCUT2D eigenvalue weighted by molar-refractivity contribution is 0.281. The van der Waals surface area contributed by atoms with E-state index in [4.69, 9.17) is 21.1 Å². The monoisotopic (exact) mass is 344 g/mol. The Kier molecular flexibility index (Phi) is 5.18. The third-order valence-corrected chi connectivity index (χ3v) is 3.66. The van der Waals surface area contributed by atoms with Gasteiger partial charge >= 0.3 is 0 Å². The third-order valence-electron chi connectivity index (χ3n) is 3.42. The van der Waals surface area contributed by atoms with Crippen LogP contribution in [0.25, 0.3) is 0 Å². The normalized spacial score (nSPS) is 10.4. The highest BCUT2D eigenvalue weighted by Gasteiger charge is 2.11. The Balaban J connectivity index is 1.76. The minimum absolute atomic E-state index is 0.403. The molecule has 0 unspecified atom stereocenters. The molecule has 124 valence electrons. The maximum Gasteiger partial charge on any atom is 0.166 e. The summed E-state index contributed by atoms with van der Waals surface area (Å²) in [6, 6.07) is 13.4. The second-order valence-corrected chi connectivity index (χ2v) is 5.51. The van der Waals surface area contributed by atoms with E-state index in [-0.39, 0.29) is 0 Å². The number of hydrogen-bond donors (Lipinski definition) is 1. The predicted octanol–water partition coefficient (Wildman–Crippen LogP) is 3.26. The highest BCUT2D eigenvalue weighted by atomic mass is 35.5. The molecule has 0 amide bonds. The van der Waals surface area contributed by atoms with Gasteiger partial charge in [0.25, 0.3) is 0 Å². The highest BCUT2D eigenvalue weighted by Crippen LogP contribution is 2.32. The van der Waals surface area contributed by atoms with Crippen molar-refractivity contribution in [3.8, 4) is 11.5 Å². The van der Waals surface area contributed by atoms with Crippen molar-refractivity contribution in [2.45, 2.75) is 13.2 Å². The van der Waals surface area contributed by atoms with E-state index in [2.05, 4.69) is 15.6 Å². The summed E-state index contributed by atoms with van der Waals surface area (Å²) in [6.07, 6.45) is 3.18. The molecule has 2 aromatic carbocycles. The van der Waals surface area contributed by atoms with Crippen LogP contribution in [0.1, 0.15) is 11.1 Å². The number of benzene rings is 2. The first kappa shape index (κ1) is 16.1. The summed E-state index contributed by atoms with van der Waals surface area (Å²) in [7, 11) is 1.62. The van der Waals surface area contributed by atoms with Crippen LogP contribution in [0.2, 0.25) is 5.02 Å². The Labute approximate surface area is 145 Å². The number of nitrogens with one attached hydrogen (secondary N) is 1. The lowest BCUT2D eigenvalue weighted by Gasteiger charge is -2.16. The largest absolute Gasteiger partial charge is 0.493 e. The summed E-state index contributed by atoms with van der Waals surface area (Å²) >= 11 is 6.02. The Morgan fingerprint density at radius 1 is 1.12 bits per heavy atom. The van der Waals surface area contributed by atoms with Gasteiger partial charge in [-0.05, 0) is 23.8 Å². The van der Waals surface area contributed by atoms with E-state index in [9.17, 15) is 0 Å². The fourth-order valence-corrected chi connectivity index (χ4v) is 2.48. The van der Waals surface area contributed by atoms with Gasteiger partial charge in [0.2, 0.25) is 0 Å². The molecule has 3 rings (SSSR count). The zero-order valence-electron chi connectivity index (χ0n) is 13.1. The number of halogens is 1. The number of methoxy groups -OCH3 is 1. The molecule has 0 spiro atoms. The molecule has 0 saturated carbocycles. The van der Waals surface area contributed by atoms with Crippen molar-refractivity contribution in [2.24, 2.45) is 0 Å². The molecule has 6 nitrogen and oxygen atoms in total. The van der Waals surface area contributed by atoms with Crippen molar-refractivity contribution in [3.63, 3.8) is 0 Å². The summed E-state index contributed by atoms with van der Waals surface area (Å²) in [4.78, 5) is 0. The van der Waals surface area contributed by atoms with E-state index in [0.29, 0.717) is 29.7 Å². The van der Waals surface area contributed by atoms with Crippen LogP contribution < -0.4 is 14.9 Å². The van der Waals surface area contributed by atoms with Crippen LogP contribution in [0.4, 0.5) is 0 Å². The van der Waals surface area contributed by atoms with Gasteiger partial charge in [-0.3, -0.25) is 0 Å². The van der Waals surface area contributed by atoms with Crippen molar-refractivity contribution < 1.29 is 9.47 Å². The fourth-order valence-electron chi connectivity index (χ4n) is 2.27. The number of hydrogen-bond acceptors (Lipinski definition) is 5. The molecular weight excluding hydrogens is 328 g/mol. The number of para-hydroxylation sites is 1. The van der Waals surface area contributed by atoms with Crippen molar-refractivity contribution >= 4 is 11.6 Å². The molecule has 24 heavy (non-hydrogen) atoms. The fraction of sp³-hybridized carbons (Fsp3) is 0.176. The Morgan fingerprint density at radius 3 is 2.67 bits per heavy atom. The van der Waals surface area contributed by atoms with Crippen LogP contribution in [0.15, 0.2) is 55.1 Å². The Hall–Kier alpha value is -2.73. The summed E-state index contributed by atoms with van der Waals surface area (Å²) < 4.78 is 13.1. The summed E-state index contributed by atoms with van der Waals surface area (Å²) in [5.41, 5.74) is 5.13. The van der Waals surface area contributed by atoms with Gasteiger partial charge in [0.15, 0.2) is 11.5 Å². The second-order valence-electron chi connectivity index (χ2n) is 5.07. The average molecular weight is 345 g/mol. The van der Waals surface area contributed by atoms with Gasteiger partial charge in [-0.15, -0.1) is 10.2 Å². The molecule has 0 atom stereocenters. The van der Waals surface area contributed by atoms with Crippen LogP contribution >= 0.6 is 11.6 Å². The van der Waals surface area contributed by atoms with Crippen LogP contribution in [0.5, 0.6) is 11.5 Å². The molecule has 1 aromatic heterocycles. The van der Waals surface area contributed by atoms with Gasteiger partial charge in [-0.25, -0.2) is 4.68 Å². The van der Waals surface area contributed by atoms with E-state index in [1.54, 1.807) is 24.4 Å². The third kappa shape index (κ3) is 3.97. The molecule has 1 heterocycles. The van der Waals surface area contributed by atoms with E-state index in [1.165, 1.54) is 0 Å². The van der Waals surface area contributed by atoms with Gasteiger partial charge in [0.1, 0.15) is 19.3 Å². The van der Waals surface area contributed by atoms with E-state index in [1.807, 2.05) is 42.5 Å². The predicted molar refractivity (Wildman–Crippen MR) is 91.9 cm³/mol. The van der Waals surface area contributed by atoms with Gasteiger partial charge in [0.05, 0.1) is 13.7 Å². The maximum atomic E-state index is 6.02. The molecule has 0 aliphatic rings. The highest BCUT2D eigenvalue weighted by molar-refractivity contribution is 6.30. The number of ether oxygens (including phenoxy) is 2. The number of rotatable bonds is 7. The molecule has 0 saturated heterocycles. The molecule has 0 fully saturated rings. The van der Waals surface area contributed by atoms with Gasteiger partial charge < -0.3 is 14.9 Å². The lowest BCUT2D eigenvalue weighted by Crippen LogP contribution is -2.13. The summed E-state index contributed by atoms with van der Waals surface area (Å²) in [6.45, 7) is 0.945. The molecule has 0 bridgehead atoms. The molecule has 1 N–H and O–H groups in total. The van der Waals surface area contributed by atoms with E-state index < -0.39 is 0 Å². The average Bonchev–Trinajstić information content (AvgIpc) is 3.12. The van der Waals surface area contributed by atoms with Crippen molar-refractivity contribution in [1.82, 2.24) is 14.9 Å². The summed E-state index contributed by atoms with van der Waals surface area (Å²) in [5.74, 6) is 1.38. The zero-order valence-corrected chi connectivity index (χ0v) is 13.9. The maximum absolute atomic E-state index is 6.02. The van der Waals surface area contributed by atoms with Crippen LogP contribution in [-0.4, -0.2) is 22.0 Å². The SMILES string of the molecule is COc1cccc(CNn2cnnc2)c1OCc1cccc(Cl)c1. The zero-order chi connectivity index (χ0) is 16.8. The molecular formula is C17H17ClN4O2. The topological polar surface area (TPSA) is 61.2 Å². The first-order valence-electron chi connectivity index (χ1n) is 7.38. The first-order valence-corrected chi connectivity index (χ1v) is 7.75. The Morgan fingerprint density at radius 2 is 1.92 bits per heavy atom. The molecule has 0 aliphatic carbocycles. The Bertz CT molecular complexity index is 793. The van der Waals surface area contributed by atoms with Gasteiger partial charge in [-0.2, -0.15) is 0 Å². The summed E-state index contributed by atoms with van der Waals surface area (Å²) in [5, 5.41) is 8.20. The second kappa shape index (κ2) is 7.70. The minimum atomic E-state index is 0.403. The molecule has 0 aliphatic heterocycles. The van der Waals surface area contributed by atoms with Crippen LogP contribution in [-0.2, 0) is 13.2 Å². The van der Waals surface area contributed by atoms with Crippen molar-refractivity contribution in [3.05, 3.63) is 71.3 Å². The number of aromatic nitrogens is 3. The smallest absolute Gasteiger partial charge is 0.166 e. The number of nitrogens with zero attached hydrogens (tertiary/aromatic N) is 3.